The van der Waals surface area contributed by atoms with Crippen LogP contribution in [-0.2, 0) is 16.1 Å². The molecule has 20 heavy (non-hydrogen) atoms. The van der Waals surface area contributed by atoms with Gasteiger partial charge in [-0.2, -0.15) is 0 Å². The van der Waals surface area contributed by atoms with E-state index >= 15 is 0 Å². The lowest BCUT2D eigenvalue weighted by atomic mass is 10.1. The van der Waals surface area contributed by atoms with Gasteiger partial charge in [0.1, 0.15) is 6.61 Å². The first-order valence-electron chi connectivity index (χ1n) is 7.20. The van der Waals surface area contributed by atoms with Crippen LogP contribution in [0.4, 0.5) is 0 Å². The van der Waals surface area contributed by atoms with E-state index in [2.05, 4.69) is 10.3 Å². The Bertz CT molecular complexity index is 403. The van der Waals surface area contributed by atoms with Gasteiger partial charge in [-0.1, -0.05) is 6.07 Å². The first-order chi connectivity index (χ1) is 9.81. The molecule has 1 aromatic heterocycles. The van der Waals surface area contributed by atoms with Gasteiger partial charge >= 0.3 is 0 Å². The Morgan fingerprint density at radius 2 is 2.35 bits per heavy atom. The Labute approximate surface area is 120 Å². The number of pyridine rings is 1. The number of ether oxygens (including phenoxy) is 1. The molecule has 1 fully saturated rings. The fraction of sp³-hybridized carbons (Fsp3) is 0.600. The number of carbonyl (C=O) groups excluding carboxylic acids is 1. The van der Waals surface area contributed by atoms with Gasteiger partial charge in [-0.15, -0.1) is 0 Å². The van der Waals surface area contributed by atoms with Crippen LogP contribution in [0.25, 0.3) is 0 Å². The first kappa shape index (κ1) is 14.9. The van der Waals surface area contributed by atoms with Crippen molar-refractivity contribution in [3.05, 3.63) is 30.1 Å². The third-order valence-electron chi connectivity index (χ3n) is 3.63. The van der Waals surface area contributed by atoms with Gasteiger partial charge in [0.05, 0.1) is 12.2 Å². The summed E-state index contributed by atoms with van der Waals surface area (Å²) >= 11 is 0. The molecule has 1 saturated heterocycles. The zero-order chi connectivity index (χ0) is 14.2. The van der Waals surface area contributed by atoms with Crippen LogP contribution in [0.1, 0.15) is 25.0 Å². The zero-order valence-corrected chi connectivity index (χ0v) is 12.0. The molecule has 1 amide bonds. The molecule has 0 aliphatic carbocycles. The molecule has 0 saturated carbocycles. The molecule has 1 atom stereocenters. The van der Waals surface area contributed by atoms with Gasteiger partial charge in [0.2, 0.25) is 5.91 Å². The Morgan fingerprint density at radius 1 is 1.45 bits per heavy atom. The van der Waals surface area contributed by atoms with E-state index in [0.717, 1.165) is 38.0 Å². The largest absolute Gasteiger partial charge is 0.375 e. The molecule has 0 spiro atoms. The van der Waals surface area contributed by atoms with Crippen molar-refractivity contribution in [2.24, 2.45) is 0 Å². The lowest BCUT2D eigenvalue weighted by Gasteiger charge is -2.30. The van der Waals surface area contributed by atoms with Crippen molar-refractivity contribution in [3.63, 3.8) is 0 Å². The second kappa shape index (κ2) is 7.97. The molecule has 1 aliphatic rings. The number of nitrogens with one attached hydrogen (secondary N) is 1. The van der Waals surface area contributed by atoms with Gasteiger partial charge in [0.25, 0.3) is 0 Å². The van der Waals surface area contributed by atoms with Crippen molar-refractivity contribution in [1.29, 1.82) is 0 Å². The summed E-state index contributed by atoms with van der Waals surface area (Å²) in [4.78, 5) is 18.6. The topological polar surface area (TPSA) is 54.5 Å². The van der Waals surface area contributed by atoms with Gasteiger partial charge < -0.3 is 15.0 Å². The van der Waals surface area contributed by atoms with Gasteiger partial charge in [-0.3, -0.25) is 9.78 Å². The Balaban J connectivity index is 2.08. The summed E-state index contributed by atoms with van der Waals surface area (Å²) < 4.78 is 5.02. The third kappa shape index (κ3) is 4.28. The minimum absolute atomic E-state index is 0.0463. The van der Waals surface area contributed by atoms with E-state index < -0.39 is 0 Å². The van der Waals surface area contributed by atoms with E-state index in [1.54, 1.807) is 13.3 Å². The normalized spacial score (nSPS) is 19.4. The van der Waals surface area contributed by atoms with Crippen LogP contribution in [-0.4, -0.2) is 48.6 Å². The number of amides is 1. The summed E-state index contributed by atoms with van der Waals surface area (Å²) in [5.41, 5.74) is 0.925. The minimum atomic E-state index is 0.0463. The summed E-state index contributed by atoms with van der Waals surface area (Å²) in [6.45, 7) is 2.69. The van der Waals surface area contributed by atoms with Crippen molar-refractivity contribution in [3.8, 4) is 0 Å². The van der Waals surface area contributed by atoms with Gasteiger partial charge in [-0.25, -0.2) is 0 Å². The standard InChI is InChI=1S/C15H23N3O2/c1-20-12-15(19)18(11-13-5-2-3-9-17-13)14-6-4-8-16-10-7-14/h2-3,5,9,14,16H,4,6-8,10-12H2,1H3. The molecule has 110 valence electrons. The van der Waals surface area contributed by atoms with Crippen molar-refractivity contribution >= 4 is 5.91 Å². The molecule has 5 heteroatoms. The van der Waals surface area contributed by atoms with Gasteiger partial charge in [-0.05, 0) is 44.5 Å². The number of methoxy groups -OCH3 is 1. The van der Waals surface area contributed by atoms with Crippen LogP contribution >= 0.6 is 0 Å². The molecule has 0 radical (unpaired) electrons. The highest BCUT2D eigenvalue weighted by atomic mass is 16.5. The highest BCUT2D eigenvalue weighted by Gasteiger charge is 2.24. The molecule has 1 N–H and O–H groups in total. The fourth-order valence-electron chi connectivity index (χ4n) is 2.61. The molecule has 2 heterocycles. The number of rotatable bonds is 5. The lowest BCUT2D eigenvalue weighted by Crippen LogP contribution is -2.42. The van der Waals surface area contributed by atoms with Gasteiger partial charge in [0.15, 0.2) is 0 Å². The van der Waals surface area contributed by atoms with E-state index in [0.29, 0.717) is 6.54 Å². The highest BCUT2D eigenvalue weighted by molar-refractivity contribution is 5.77. The number of nitrogens with zero attached hydrogens (tertiary/aromatic N) is 2. The zero-order valence-electron chi connectivity index (χ0n) is 12.0. The SMILES string of the molecule is COCC(=O)N(Cc1ccccn1)C1CCCNCC1. The van der Waals surface area contributed by atoms with Crippen molar-refractivity contribution < 1.29 is 9.53 Å². The summed E-state index contributed by atoms with van der Waals surface area (Å²) in [6.07, 6.45) is 4.89. The molecular formula is C15H23N3O2. The third-order valence-corrected chi connectivity index (χ3v) is 3.63. The molecule has 1 unspecified atom stereocenters. The predicted molar refractivity (Wildman–Crippen MR) is 77.2 cm³/mol. The summed E-state index contributed by atoms with van der Waals surface area (Å²) in [5, 5.41) is 3.38. The molecule has 0 aromatic carbocycles. The minimum Gasteiger partial charge on any atom is -0.375 e. The van der Waals surface area contributed by atoms with Crippen LogP contribution in [0.15, 0.2) is 24.4 Å². The predicted octanol–water partition coefficient (Wildman–Crippen LogP) is 1.20. The highest BCUT2D eigenvalue weighted by Crippen LogP contribution is 2.16. The van der Waals surface area contributed by atoms with Crippen molar-refractivity contribution in [2.45, 2.75) is 31.8 Å². The summed E-state index contributed by atoms with van der Waals surface area (Å²) in [5.74, 6) is 0.0463. The molecule has 1 aromatic rings. The fourth-order valence-corrected chi connectivity index (χ4v) is 2.61. The molecule has 1 aliphatic heterocycles. The number of carbonyl (C=O) groups is 1. The average molecular weight is 277 g/mol. The number of aromatic nitrogens is 1. The smallest absolute Gasteiger partial charge is 0.249 e. The van der Waals surface area contributed by atoms with Crippen LogP contribution in [0.5, 0.6) is 0 Å². The summed E-state index contributed by atoms with van der Waals surface area (Å²) in [6, 6.07) is 6.08. The van der Waals surface area contributed by atoms with Crippen LogP contribution in [0.2, 0.25) is 0 Å². The maximum Gasteiger partial charge on any atom is 0.249 e. The number of hydrogen-bond acceptors (Lipinski definition) is 4. The van der Waals surface area contributed by atoms with Crippen LogP contribution in [0.3, 0.4) is 0 Å². The second-order valence-corrected chi connectivity index (χ2v) is 5.11. The lowest BCUT2D eigenvalue weighted by molar-refractivity contribution is -0.138. The van der Waals surface area contributed by atoms with E-state index in [1.807, 2.05) is 23.1 Å². The van der Waals surface area contributed by atoms with Crippen LogP contribution in [0, 0.1) is 0 Å². The maximum absolute atomic E-state index is 12.3. The van der Waals surface area contributed by atoms with Crippen molar-refractivity contribution in [2.75, 3.05) is 26.8 Å². The molecule has 5 nitrogen and oxygen atoms in total. The van der Waals surface area contributed by atoms with E-state index in [9.17, 15) is 4.79 Å². The Hall–Kier alpha value is -1.46. The second-order valence-electron chi connectivity index (χ2n) is 5.11. The van der Waals surface area contributed by atoms with Gasteiger partial charge in [0, 0.05) is 19.3 Å². The Morgan fingerprint density at radius 3 is 3.10 bits per heavy atom. The number of hydrogen-bond donors (Lipinski definition) is 1. The van der Waals surface area contributed by atoms with E-state index in [4.69, 9.17) is 4.74 Å². The van der Waals surface area contributed by atoms with Crippen LogP contribution < -0.4 is 5.32 Å². The monoisotopic (exact) mass is 277 g/mol. The van der Waals surface area contributed by atoms with E-state index in [1.165, 1.54) is 0 Å². The summed E-state index contributed by atoms with van der Waals surface area (Å²) in [7, 11) is 1.56. The van der Waals surface area contributed by atoms with Crippen molar-refractivity contribution in [1.82, 2.24) is 15.2 Å². The first-order valence-corrected chi connectivity index (χ1v) is 7.20. The van der Waals surface area contributed by atoms with E-state index in [-0.39, 0.29) is 18.6 Å². The molecular weight excluding hydrogens is 254 g/mol. The maximum atomic E-state index is 12.3. The quantitative estimate of drug-likeness (QED) is 0.878. The molecule has 2 rings (SSSR count). The Kier molecular flexibility index (Phi) is 5.95. The molecule has 0 bridgehead atoms. The average Bonchev–Trinajstić information content (AvgIpc) is 2.75.